The first kappa shape index (κ1) is 15.0. The van der Waals surface area contributed by atoms with Crippen LogP contribution in [0.25, 0.3) is 0 Å². The fourth-order valence-electron chi connectivity index (χ4n) is 2.38. The van der Waals surface area contributed by atoms with Crippen LogP contribution in [0.15, 0.2) is 0 Å². The van der Waals surface area contributed by atoms with Crippen molar-refractivity contribution in [2.24, 2.45) is 5.92 Å². The Labute approximate surface area is 108 Å². The Hall–Kier alpha value is -1.10. The van der Waals surface area contributed by atoms with Crippen LogP contribution in [0.1, 0.15) is 40.0 Å². The summed E-state index contributed by atoms with van der Waals surface area (Å²) in [4.78, 5) is 24.0. The van der Waals surface area contributed by atoms with Gasteiger partial charge in [-0.1, -0.05) is 13.3 Å². The minimum Gasteiger partial charge on any atom is -0.467 e. The molecule has 0 aromatic heterocycles. The maximum atomic E-state index is 12.2. The molecule has 1 aliphatic rings. The Bertz CT molecular complexity index is 318. The lowest BCUT2D eigenvalue weighted by Gasteiger charge is -2.29. The zero-order valence-corrected chi connectivity index (χ0v) is 11.6. The summed E-state index contributed by atoms with van der Waals surface area (Å²) in [5.74, 6) is -0.698. The number of rotatable bonds is 5. The van der Waals surface area contributed by atoms with Crippen molar-refractivity contribution in [2.45, 2.75) is 51.7 Å². The van der Waals surface area contributed by atoms with Gasteiger partial charge in [-0.2, -0.15) is 0 Å². The number of methoxy groups -OCH3 is 1. The number of hydrogen-bond acceptors (Lipinski definition) is 4. The van der Waals surface area contributed by atoms with E-state index in [0.717, 1.165) is 6.42 Å². The van der Waals surface area contributed by atoms with E-state index in [2.05, 4.69) is 5.32 Å². The summed E-state index contributed by atoms with van der Waals surface area (Å²) in [6.07, 6.45) is 1.97. The molecule has 0 aromatic rings. The van der Waals surface area contributed by atoms with Crippen molar-refractivity contribution in [3.63, 3.8) is 0 Å². The van der Waals surface area contributed by atoms with Crippen LogP contribution >= 0.6 is 0 Å². The van der Waals surface area contributed by atoms with Gasteiger partial charge in [0.05, 0.1) is 19.1 Å². The van der Waals surface area contributed by atoms with Crippen LogP contribution in [0.4, 0.5) is 0 Å². The SMILES string of the molecule is CCCC(C)(NC(=O)C1CCOC1C)C(=O)OC. The molecule has 1 aliphatic heterocycles. The predicted molar refractivity (Wildman–Crippen MR) is 67.0 cm³/mol. The summed E-state index contributed by atoms with van der Waals surface area (Å²) in [5.41, 5.74) is -0.942. The molecule has 0 aromatic carbocycles. The molecule has 0 bridgehead atoms. The van der Waals surface area contributed by atoms with Crippen LogP contribution in [0.2, 0.25) is 0 Å². The van der Waals surface area contributed by atoms with Gasteiger partial charge in [-0.15, -0.1) is 0 Å². The average molecular weight is 257 g/mol. The molecule has 1 heterocycles. The summed E-state index contributed by atoms with van der Waals surface area (Å²) >= 11 is 0. The molecular formula is C13H23NO4. The van der Waals surface area contributed by atoms with Crippen molar-refractivity contribution in [3.8, 4) is 0 Å². The molecule has 3 unspecified atom stereocenters. The smallest absolute Gasteiger partial charge is 0.331 e. The summed E-state index contributed by atoms with van der Waals surface area (Å²) in [5, 5.41) is 2.82. The second-order valence-electron chi connectivity index (χ2n) is 5.03. The van der Waals surface area contributed by atoms with Crippen molar-refractivity contribution in [1.29, 1.82) is 0 Å². The second kappa shape index (κ2) is 6.18. The van der Waals surface area contributed by atoms with Gasteiger partial charge in [-0.05, 0) is 26.7 Å². The lowest BCUT2D eigenvalue weighted by Crippen LogP contribution is -2.54. The van der Waals surface area contributed by atoms with Crippen LogP contribution in [0.3, 0.4) is 0 Å². The van der Waals surface area contributed by atoms with Crippen LogP contribution < -0.4 is 5.32 Å². The third-order valence-corrected chi connectivity index (χ3v) is 3.50. The maximum Gasteiger partial charge on any atom is 0.331 e. The number of hydrogen-bond donors (Lipinski definition) is 1. The average Bonchev–Trinajstić information content (AvgIpc) is 2.74. The second-order valence-corrected chi connectivity index (χ2v) is 5.03. The van der Waals surface area contributed by atoms with Crippen molar-refractivity contribution in [3.05, 3.63) is 0 Å². The molecule has 1 rings (SSSR count). The number of nitrogens with one attached hydrogen (secondary N) is 1. The Kier molecular flexibility index (Phi) is 5.14. The highest BCUT2D eigenvalue weighted by atomic mass is 16.5. The minimum absolute atomic E-state index is 0.0893. The summed E-state index contributed by atoms with van der Waals surface area (Å²) in [6.45, 7) is 6.16. The minimum atomic E-state index is -0.942. The Morgan fingerprint density at radius 3 is 2.61 bits per heavy atom. The third-order valence-electron chi connectivity index (χ3n) is 3.50. The van der Waals surface area contributed by atoms with Crippen molar-refractivity contribution in [2.75, 3.05) is 13.7 Å². The number of carbonyl (C=O) groups is 2. The first-order chi connectivity index (χ1) is 8.44. The monoisotopic (exact) mass is 257 g/mol. The van der Waals surface area contributed by atoms with Crippen molar-refractivity contribution < 1.29 is 19.1 Å². The molecule has 18 heavy (non-hydrogen) atoms. The van der Waals surface area contributed by atoms with E-state index >= 15 is 0 Å². The fourth-order valence-corrected chi connectivity index (χ4v) is 2.38. The first-order valence-electron chi connectivity index (χ1n) is 6.46. The van der Waals surface area contributed by atoms with E-state index in [9.17, 15) is 9.59 Å². The summed E-state index contributed by atoms with van der Waals surface area (Å²) in [6, 6.07) is 0. The molecule has 0 spiro atoms. The number of carbonyl (C=O) groups excluding carboxylic acids is 2. The largest absolute Gasteiger partial charge is 0.467 e. The molecule has 104 valence electrons. The van der Waals surface area contributed by atoms with Gasteiger partial charge in [0.15, 0.2) is 0 Å². The van der Waals surface area contributed by atoms with Crippen LogP contribution in [0.5, 0.6) is 0 Å². The zero-order valence-electron chi connectivity index (χ0n) is 11.6. The fraction of sp³-hybridized carbons (Fsp3) is 0.846. The third kappa shape index (κ3) is 3.22. The van der Waals surface area contributed by atoms with Gasteiger partial charge in [0.1, 0.15) is 5.54 Å². The molecule has 0 radical (unpaired) electrons. The predicted octanol–water partition coefficient (Wildman–Crippen LogP) is 1.26. The highest BCUT2D eigenvalue weighted by Gasteiger charge is 2.39. The van der Waals surface area contributed by atoms with E-state index in [1.165, 1.54) is 7.11 Å². The number of amides is 1. The van der Waals surface area contributed by atoms with Crippen molar-refractivity contribution in [1.82, 2.24) is 5.32 Å². The van der Waals surface area contributed by atoms with E-state index in [4.69, 9.17) is 9.47 Å². The molecule has 5 heteroatoms. The molecule has 0 saturated carbocycles. The molecule has 1 N–H and O–H groups in total. The van der Waals surface area contributed by atoms with Crippen LogP contribution in [-0.4, -0.2) is 37.2 Å². The van der Waals surface area contributed by atoms with E-state index < -0.39 is 11.5 Å². The lowest BCUT2D eigenvalue weighted by atomic mass is 9.93. The Balaban J connectivity index is 2.71. The van der Waals surface area contributed by atoms with Gasteiger partial charge in [0.2, 0.25) is 5.91 Å². The molecule has 0 aliphatic carbocycles. The Morgan fingerprint density at radius 1 is 1.50 bits per heavy atom. The number of ether oxygens (including phenoxy) is 2. The molecule has 1 amide bonds. The molecule has 3 atom stereocenters. The summed E-state index contributed by atoms with van der Waals surface area (Å²) < 4.78 is 10.1. The van der Waals surface area contributed by atoms with Gasteiger partial charge in [-0.3, -0.25) is 4.79 Å². The van der Waals surface area contributed by atoms with Crippen LogP contribution in [0, 0.1) is 5.92 Å². The quantitative estimate of drug-likeness (QED) is 0.753. The van der Waals surface area contributed by atoms with E-state index in [1.54, 1.807) is 6.92 Å². The van der Waals surface area contributed by atoms with E-state index in [1.807, 2.05) is 13.8 Å². The van der Waals surface area contributed by atoms with Crippen molar-refractivity contribution >= 4 is 11.9 Å². The van der Waals surface area contributed by atoms with E-state index in [0.29, 0.717) is 19.4 Å². The van der Waals surface area contributed by atoms with Gasteiger partial charge in [-0.25, -0.2) is 4.79 Å². The highest BCUT2D eigenvalue weighted by molar-refractivity contribution is 5.89. The van der Waals surface area contributed by atoms with Gasteiger partial charge >= 0.3 is 5.97 Å². The lowest BCUT2D eigenvalue weighted by molar-refractivity contribution is -0.151. The van der Waals surface area contributed by atoms with E-state index in [-0.39, 0.29) is 17.9 Å². The zero-order chi connectivity index (χ0) is 13.8. The van der Waals surface area contributed by atoms with Gasteiger partial charge < -0.3 is 14.8 Å². The number of esters is 1. The normalized spacial score (nSPS) is 26.4. The van der Waals surface area contributed by atoms with Crippen LogP contribution in [-0.2, 0) is 19.1 Å². The van der Waals surface area contributed by atoms with Gasteiger partial charge in [0.25, 0.3) is 0 Å². The standard InChI is InChI=1S/C13H23NO4/c1-5-7-13(3,12(16)17-4)14-11(15)10-6-8-18-9(10)2/h9-10H,5-8H2,1-4H3,(H,14,15). The highest BCUT2D eigenvalue weighted by Crippen LogP contribution is 2.23. The maximum absolute atomic E-state index is 12.2. The molecule has 1 fully saturated rings. The van der Waals surface area contributed by atoms with Gasteiger partial charge in [0, 0.05) is 6.61 Å². The molecule has 5 nitrogen and oxygen atoms in total. The Morgan fingerprint density at radius 2 is 2.17 bits per heavy atom. The topological polar surface area (TPSA) is 64.6 Å². The molecular weight excluding hydrogens is 234 g/mol. The summed E-state index contributed by atoms with van der Waals surface area (Å²) in [7, 11) is 1.34. The molecule has 1 saturated heterocycles. The first-order valence-corrected chi connectivity index (χ1v) is 6.46.